The standard InChI is InChI=1S/C13H25BrN4/c1-5-17(6-2)9-8-15-10-12-13(14)11(4)16-18(12)7-3/h15H,5-10H2,1-4H3. The molecule has 0 amide bonds. The average Bonchev–Trinajstić information content (AvgIpc) is 2.66. The molecule has 0 radical (unpaired) electrons. The van der Waals surface area contributed by atoms with E-state index in [9.17, 15) is 0 Å². The van der Waals surface area contributed by atoms with E-state index in [1.807, 2.05) is 6.92 Å². The summed E-state index contributed by atoms with van der Waals surface area (Å²) in [4.78, 5) is 2.42. The number of halogens is 1. The molecule has 1 aromatic rings. The highest BCUT2D eigenvalue weighted by atomic mass is 79.9. The van der Waals surface area contributed by atoms with Crippen LogP contribution in [0, 0.1) is 6.92 Å². The van der Waals surface area contributed by atoms with Gasteiger partial charge >= 0.3 is 0 Å². The Bertz CT molecular complexity index is 358. The minimum Gasteiger partial charge on any atom is -0.310 e. The predicted octanol–water partition coefficient (Wildman–Crippen LogP) is 2.41. The van der Waals surface area contributed by atoms with E-state index in [1.54, 1.807) is 0 Å². The molecule has 0 unspecified atom stereocenters. The van der Waals surface area contributed by atoms with Crippen molar-refractivity contribution >= 4 is 15.9 Å². The molecule has 104 valence electrons. The Morgan fingerprint density at radius 3 is 2.50 bits per heavy atom. The molecular weight excluding hydrogens is 292 g/mol. The Labute approximate surface area is 119 Å². The first kappa shape index (κ1) is 15.7. The quantitative estimate of drug-likeness (QED) is 0.748. The highest BCUT2D eigenvalue weighted by Crippen LogP contribution is 2.20. The Hall–Kier alpha value is -0.390. The van der Waals surface area contributed by atoms with Crippen molar-refractivity contribution in [2.24, 2.45) is 0 Å². The molecule has 0 aliphatic rings. The van der Waals surface area contributed by atoms with Crippen LogP contribution in [0.15, 0.2) is 4.47 Å². The van der Waals surface area contributed by atoms with Crippen LogP contribution in [0.2, 0.25) is 0 Å². The first-order chi connectivity index (χ1) is 8.63. The third kappa shape index (κ3) is 4.07. The zero-order valence-electron chi connectivity index (χ0n) is 12.0. The minimum atomic E-state index is 0.872. The molecule has 1 rings (SSSR count). The van der Waals surface area contributed by atoms with E-state index in [4.69, 9.17) is 0 Å². The van der Waals surface area contributed by atoms with E-state index in [0.29, 0.717) is 0 Å². The summed E-state index contributed by atoms with van der Waals surface area (Å²) in [7, 11) is 0. The van der Waals surface area contributed by atoms with Crippen molar-refractivity contribution in [2.45, 2.75) is 40.8 Å². The molecule has 0 fully saturated rings. The van der Waals surface area contributed by atoms with Crippen LogP contribution in [0.25, 0.3) is 0 Å². The summed E-state index contributed by atoms with van der Waals surface area (Å²) in [6.45, 7) is 14.7. The van der Waals surface area contributed by atoms with Crippen molar-refractivity contribution in [2.75, 3.05) is 26.2 Å². The zero-order valence-corrected chi connectivity index (χ0v) is 13.5. The van der Waals surface area contributed by atoms with Gasteiger partial charge in [0.2, 0.25) is 0 Å². The van der Waals surface area contributed by atoms with Gasteiger partial charge in [-0.05, 0) is 42.9 Å². The molecule has 0 saturated carbocycles. The second kappa shape index (κ2) is 7.92. The lowest BCUT2D eigenvalue weighted by atomic mass is 10.3. The number of aryl methyl sites for hydroxylation is 2. The van der Waals surface area contributed by atoms with Gasteiger partial charge in [-0.25, -0.2) is 0 Å². The van der Waals surface area contributed by atoms with E-state index in [2.05, 4.69) is 56.7 Å². The molecule has 5 heteroatoms. The van der Waals surface area contributed by atoms with Crippen LogP contribution in [0.4, 0.5) is 0 Å². The number of nitrogens with one attached hydrogen (secondary N) is 1. The van der Waals surface area contributed by atoms with Crippen LogP contribution < -0.4 is 5.32 Å². The summed E-state index contributed by atoms with van der Waals surface area (Å²) in [5.74, 6) is 0. The first-order valence-electron chi connectivity index (χ1n) is 6.78. The first-order valence-corrected chi connectivity index (χ1v) is 7.58. The molecule has 1 aromatic heterocycles. The summed E-state index contributed by atoms with van der Waals surface area (Å²) in [6, 6.07) is 0. The van der Waals surface area contributed by atoms with Crippen molar-refractivity contribution in [1.29, 1.82) is 0 Å². The van der Waals surface area contributed by atoms with E-state index in [1.165, 1.54) is 5.69 Å². The van der Waals surface area contributed by atoms with Gasteiger partial charge in [-0.15, -0.1) is 0 Å². The van der Waals surface area contributed by atoms with Crippen molar-refractivity contribution in [1.82, 2.24) is 20.0 Å². The van der Waals surface area contributed by atoms with Crippen molar-refractivity contribution < 1.29 is 0 Å². The average molecular weight is 317 g/mol. The van der Waals surface area contributed by atoms with Crippen LogP contribution in [0.5, 0.6) is 0 Å². The molecule has 18 heavy (non-hydrogen) atoms. The van der Waals surface area contributed by atoms with Gasteiger partial charge in [0.15, 0.2) is 0 Å². The number of rotatable bonds is 8. The van der Waals surface area contributed by atoms with E-state index in [-0.39, 0.29) is 0 Å². The van der Waals surface area contributed by atoms with Gasteiger partial charge < -0.3 is 10.2 Å². The second-order valence-corrected chi connectivity index (χ2v) is 5.16. The summed E-state index contributed by atoms with van der Waals surface area (Å²) in [5.41, 5.74) is 2.31. The summed E-state index contributed by atoms with van der Waals surface area (Å²) in [6.07, 6.45) is 0. The van der Waals surface area contributed by atoms with E-state index < -0.39 is 0 Å². The Morgan fingerprint density at radius 2 is 1.94 bits per heavy atom. The summed E-state index contributed by atoms with van der Waals surface area (Å²) < 4.78 is 3.20. The highest BCUT2D eigenvalue weighted by molar-refractivity contribution is 9.10. The molecule has 0 saturated heterocycles. The minimum absolute atomic E-state index is 0.872. The highest BCUT2D eigenvalue weighted by Gasteiger charge is 2.11. The van der Waals surface area contributed by atoms with Crippen LogP contribution in [-0.2, 0) is 13.1 Å². The molecule has 4 nitrogen and oxygen atoms in total. The largest absolute Gasteiger partial charge is 0.310 e. The number of nitrogens with zero attached hydrogens (tertiary/aromatic N) is 3. The molecule has 0 aliphatic carbocycles. The van der Waals surface area contributed by atoms with Gasteiger partial charge in [0.1, 0.15) is 0 Å². The van der Waals surface area contributed by atoms with Crippen molar-refractivity contribution in [3.63, 3.8) is 0 Å². The normalized spacial score (nSPS) is 11.4. The Morgan fingerprint density at radius 1 is 1.28 bits per heavy atom. The van der Waals surface area contributed by atoms with Gasteiger partial charge in [0.25, 0.3) is 0 Å². The van der Waals surface area contributed by atoms with Gasteiger partial charge in [-0.3, -0.25) is 4.68 Å². The second-order valence-electron chi connectivity index (χ2n) is 4.37. The van der Waals surface area contributed by atoms with Crippen molar-refractivity contribution in [3.05, 3.63) is 15.9 Å². The zero-order chi connectivity index (χ0) is 13.5. The van der Waals surface area contributed by atoms with Crippen molar-refractivity contribution in [3.8, 4) is 0 Å². The van der Waals surface area contributed by atoms with Crippen LogP contribution in [0.3, 0.4) is 0 Å². The molecule has 0 aliphatic heterocycles. The number of likely N-dealkylation sites (N-methyl/N-ethyl adjacent to an activating group) is 1. The fraction of sp³-hybridized carbons (Fsp3) is 0.769. The summed E-state index contributed by atoms with van der Waals surface area (Å²) >= 11 is 3.62. The fourth-order valence-electron chi connectivity index (χ4n) is 2.02. The van der Waals surface area contributed by atoms with Gasteiger partial charge in [-0.1, -0.05) is 13.8 Å². The lowest BCUT2D eigenvalue weighted by Gasteiger charge is -2.18. The summed E-state index contributed by atoms with van der Waals surface area (Å²) in [5, 5.41) is 7.99. The van der Waals surface area contributed by atoms with Gasteiger partial charge in [0, 0.05) is 26.2 Å². The third-order valence-corrected chi connectivity index (χ3v) is 4.28. The number of aromatic nitrogens is 2. The molecule has 0 atom stereocenters. The smallest absolute Gasteiger partial charge is 0.0739 e. The van der Waals surface area contributed by atoms with E-state index >= 15 is 0 Å². The van der Waals surface area contributed by atoms with Crippen LogP contribution in [0.1, 0.15) is 32.2 Å². The van der Waals surface area contributed by atoms with Gasteiger partial charge in [-0.2, -0.15) is 5.10 Å². The van der Waals surface area contributed by atoms with Gasteiger partial charge in [0.05, 0.1) is 15.9 Å². The molecular formula is C13H25BrN4. The Kier molecular flexibility index (Phi) is 6.89. The molecule has 0 aromatic carbocycles. The number of hydrogen-bond acceptors (Lipinski definition) is 3. The molecule has 0 spiro atoms. The van der Waals surface area contributed by atoms with Crippen LogP contribution in [-0.4, -0.2) is 40.9 Å². The lowest BCUT2D eigenvalue weighted by Crippen LogP contribution is -2.32. The maximum Gasteiger partial charge on any atom is 0.0739 e. The van der Waals surface area contributed by atoms with E-state index in [0.717, 1.165) is 49.4 Å². The predicted molar refractivity (Wildman–Crippen MR) is 79.8 cm³/mol. The topological polar surface area (TPSA) is 33.1 Å². The molecule has 1 N–H and O–H groups in total. The maximum absolute atomic E-state index is 4.49. The third-order valence-electron chi connectivity index (χ3n) is 3.24. The Balaban J connectivity index is 2.44. The molecule has 1 heterocycles. The monoisotopic (exact) mass is 316 g/mol. The fourth-order valence-corrected chi connectivity index (χ4v) is 2.45. The number of hydrogen-bond donors (Lipinski definition) is 1. The lowest BCUT2D eigenvalue weighted by molar-refractivity contribution is 0.301. The SMILES string of the molecule is CCN(CC)CCNCc1c(Br)c(C)nn1CC. The maximum atomic E-state index is 4.49. The molecule has 0 bridgehead atoms. The van der Waals surface area contributed by atoms with Crippen LogP contribution >= 0.6 is 15.9 Å².